The van der Waals surface area contributed by atoms with Crippen molar-refractivity contribution in [1.82, 2.24) is 0 Å². The molecular weight excluding hydrogens is 152 g/mol. The summed E-state index contributed by atoms with van der Waals surface area (Å²) in [5, 5.41) is 26.9. The molecule has 1 aliphatic rings. The topological polar surface area (TPSA) is 79.2 Å². The van der Waals surface area contributed by atoms with Gasteiger partial charge in [-0.25, -0.2) is 0 Å². The molecule has 0 bridgehead atoms. The second-order valence-electron chi connectivity index (χ2n) is 2.44. The second-order valence-corrected chi connectivity index (χ2v) is 2.44. The molecule has 0 saturated carbocycles. The molecule has 11 heavy (non-hydrogen) atoms. The van der Waals surface area contributed by atoms with Gasteiger partial charge in [0.15, 0.2) is 6.29 Å². The Morgan fingerprint density at radius 2 is 2.09 bits per heavy atom. The van der Waals surface area contributed by atoms with Crippen molar-refractivity contribution in [2.75, 3.05) is 13.7 Å². The quantitative estimate of drug-likeness (QED) is 0.443. The van der Waals surface area contributed by atoms with Crippen molar-refractivity contribution in [1.29, 1.82) is 0 Å². The highest BCUT2D eigenvalue weighted by Gasteiger charge is 2.42. The fourth-order valence-corrected chi connectivity index (χ4v) is 1.12. The van der Waals surface area contributed by atoms with Crippen LogP contribution >= 0.6 is 0 Å². The molecule has 66 valence electrons. The molecule has 0 aromatic carbocycles. The minimum atomic E-state index is -1.15. The molecule has 1 unspecified atom stereocenters. The lowest BCUT2D eigenvalue weighted by atomic mass is 10.1. The van der Waals surface area contributed by atoms with Crippen molar-refractivity contribution in [2.24, 2.45) is 0 Å². The zero-order chi connectivity index (χ0) is 8.43. The summed E-state index contributed by atoms with van der Waals surface area (Å²) in [6.45, 7) is -0.321. The van der Waals surface area contributed by atoms with Crippen LogP contribution < -0.4 is 0 Å². The van der Waals surface area contributed by atoms with E-state index in [2.05, 4.69) is 0 Å². The highest BCUT2D eigenvalue weighted by molar-refractivity contribution is 4.86. The van der Waals surface area contributed by atoms with Gasteiger partial charge in [-0.15, -0.1) is 0 Å². The first-order chi connectivity index (χ1) is 5.20. The Morgan fingerprint density at radius 1 is 1.45 bits per heavy atom. The highest BCUT2D eigenvalue weighted by atomic mass is 16.7. The Bertz CT molecular complexity index is 128. The monoisotopic (exact) mass is 164 g/mol. The molecule has 0 aromatic rings. The third-order valence-electron chi connectivity index (χ3n) is 1.76. The molecule has 0 spiro atoms. The summed E-state index contributed by atoms with van der Waals surface area (Å²) in [5.41, 5.74) is 0. The Balaban J connectivity index is 2.55. The molecule has 1 aliphatic heterocycles. The van der Waals surface area contributed by atoms with E-state index in [1.165, 1.54) is 7.11 Å². The zero-order valence-electron chi connectivity index (χ0n) is 6.17. The Morgan fingerprint density at radius 3 is 2.36 bits per heavy atom. The summed E-state index contributed by atoms with van der Waals surface area (Å²) in [6, 6.07) is 0. The first-order valence-electron chi connectivity index (χ1n) is 3.36. The van der Waals surface area contributed by atoms with Crippen LogP contribution in [-0.4, -0.2) is 53.6 Å². The molecule has 4 atom stereocenters. The van der Waals surface area contributed by atoms with Crippen molar-refractivity contribution in [2.45, 2.75) is 24.6 Å². The van der Waals surface area contributed by atoms with Crippen molar-refractivity contribution >= 4 is 0 Å². The van der Waals surface area contributed by atoms with Crippen LogP contribution in [-0.2, 0) is 9.47 Å². The molecule has 1 fully saturated rings. The predicted molar refractivity (Wildman–Crippen MR) is 34.8 cm³/mol. The summed E-state index contributed by atoms with van der Waals surface area (Å²) in [6.07, 6.45) is -3.60. The normalized spacial score (nSPS) is 44.7. The molecule has 1 heterocycles. The third-order valence-corrected chi connectivity index (χ3v) is 1.76. The van der Waals surface area contributed by atoms with Gasteiger partial charge in [-0.1, -0.05) is 0 Å². The van der Waals surface area contributed by atoms with E-state index in [1.54, 1.807) is 0 Å². The maximum absolute atomic E-state index is 9.25. The van der Waals surface area contributed by atoms with Crippen LogP contribution in [0, 0.1) is 0 Å². The van der Waals surface area contributed by atoms with Gasteiger partial charge in [-0.2, -0.15) is 0 Å². The smallest absolute Gasteiger partial charge is 0.184 e. The molecular formula is C6H12O5. The van der Waals surface area contributed by atoms with Crippen LogP contribution in [0.4, 0.5) is 0 Å². The van der Waals surface area contributed by atoms with Gasteiger partial charge >= 0.3 is 0 Å². The van der Waals surface area contributed by atoms with Gasteiger partial charge in [0.05, 0.1) is 6.61 Å². The van der Waals surface area contributed by atoms with E-state index in [0.717, 1.165) is 0 Å². The Kier molecular flexibility index (Phi) is 2.80. The minimum Gasteiger partial charge on any atom is -0.394 e. The Labute approximate surface area is 64.2 Å². The molecule has 0 aromatic heterocycles. The number of methoxy groups -OCH3 is 1. The van der Waals surface area contributed by atoms with E-state index in [4.69, 9.17) is 19.7 Å². The van der Waals surface area contributed by atoms with Crippen molar-refractivity contribution in [3.8, 4) is 0 Å². The van der Waals surface area contributed by atoms with E-state index in [0.29, 0.717) is 0 Å². The molecule has 0 aliphatic carbocycles. The van der Waals surface area contributed by atoms with Crippen LogP contribution in [0.3, 0.4) is 0 Å². The SMILES string of the molecule is CO[C@H]1C(O)O[C@H](CO)[C@@H]1O. The Hall–Kier alpha value is -0.200. The fraction of sp³-hybridized carbons (Fsp3) is 1.00. The van der Waals surface area contributed by atoms with E-state index < -0.39 is 24.6 Å². The molecule has 1 rings (SSSR count). The number of aliphatic hydroxyl groups excluding tert-OH is 3. The molecule has 1 saturated heterocycles. The summed E-state index contributed by atoms with van der Waals surface area (Å²) < 4.78 is 9.49. The van der Waals surface area contributed by atoms with E-state index >= 15 is 0 Å². The van der Waals surface area contributed by atoms with E-state index in [-0.39, 0.29) is 6.61 Å². The third kappa shape index (κ3) is 1.52. The van der Waals surface area contributed by atoms with Gasteiger partial charge < -0.3 is 24.8 Å². The van der Waals surface area contributed by atoms with Gasteiger partial charge in [0.1, 0.15) is 18.3 Å². The lowest BCUT2D eigenvalue weighted by Gasteiger charge is -2.14. The number of hydrogen-bond acceptors (Lipinski definition) is 5. The lowest BCUT2D eigenvalue weighted by Crippen LogP contribution is -2.35. The largest absolute Gasteiger partial charge is 0.394 e. The van der Waals surface area contributed by atoms with Crippen molar-refractivity contribution < 1.29 is 24.8 Å². The molecule has 5 nitrogen and oxygen atoms in total. The standard InChI is InChI=1S/C6H12O5/c1-10-5-4(8)3(2-7)11-6(5)9/h3-9H,2H2,1H3/t3-,4+,5-,6?/m1/s1. The van der Waals surface area contributed by atoms with Crippen LogP contribution in [0.5, 0.6) is 0 Å². The maximum atomic E-state index is 9.25. The molecule has 0 radical (unpaired) electrons. The molecule has 5 heteroatoms. The summed E-state index contributed by atoms with van der Waals surface area (Å²) in [5.74, 6) is 0. The van der Waals surface area contributed by atoms with Gasteiger partial charge in [-0.05, 0) is 0 Å². The molecule has 3 N–H and O–H groups in total. The number of rotatable bonds is 2. The number of hydrogen-bond donors (Lipinski definition) is 3. The van der Waals surface area contributed by atoms with Gasteiger partial charge in [0.2, 0.25) is 0 Å². The predicted octanol–water partition coefficient (Wildman–Crippen LogP) is -1.93. The second kappa shape index (κ2) is 3.46. The van der Waals surface area contributed by atoms with Crippen molar-refractivity contribution in [3.63, 3.8) is 0 Å². The lowest BCUT2D eigenvalue weighted by molar-refractivity contribution is -0.139. The van der Waals surface area contributed by atoms with Crippen LogP contribution in [0.1, 0.15) is 0 Å². The highest BCUT2D eigenvalue weighted by Crippen LogP contribution is 2.21. The fourth-order valence-electron chi connectivity index (χ4n) is 1.12. The van der Waals surface area contributed by atoms with Crippen LogP contribution in [0.25, 0.3) is 0 Å². The molecule has 0 amide bonds. The number of aliphatic hydroxyl groups is 3. The average Bonchev–Trinajstić information content (AvgIpc) is 2.26. The van der Waals surface area contributed by atoms with Crippen LogP contribution in [0.15, 0.2) is 0 Å². The number of ether oxygens (including phenoxy) is 2. The first kappa shape index (κ1) is 8.89. The maximum Gasteiger partial charge on any atom is 0.184 e. The summed E-state index contributed by atoms with van der Waals surface area (Å²) >= 11 is 0. The van der Waals surface area contributed by atoms with Crippen LogP contribution in [0.2, 0.25) is 0 Å². The van der Waals surface area contributed by atoms with E-state index in [9.17, 15) is 5.11 Å². The average molecular weight is 164 g/mol. The van der Waals surface area contributed by atoms with Crippen molar-refractivity contribution in [3.05, 3.63) is 0 Å². The summed E-state index contributed by atoms with van der Waals surface area (Å²) in [4.78, 5) is 0. The minimum absolute atomic E-state index is 0.321. The zero-order valence-corrected chi connectivity index (χ0v) is 6.17. The first-order valence-corrected chi connectivity index (χ1v) is 3.36. The summed E-state index contributed by atoms with van der Waals surface area (Å²) in [7, 11) is 1.36. The van der Waals surface area contributed by atoms with Gasteiger partial charge in [0, 0.05) is 7.11 Å². The van der Waals surface area contributed by atoms with Gasteiger partial charge in [0.25, 0.3) is 0 Å². The van der Waals surface area contributed by atoms with E-state index in [1.807, 2.05) is 0 Å². The van der Waals surface area contributed by atoms with Gasteiger partial charge in [-0.3, -0.25) is 0 Å².